The van der Waals surface area contributed by atoms with Crippen LogP contribution in [0, 0.1) is 12.7 Å². The van der Waals surface area contributed by atoms with Crippen LogP contribution in [-0.2, 0) is 11.3 Å². The van der Waals surface area contributed by atoms with Crippen LogP contribution in [0.4, 0.5) is 10.1 Å². The second-order valence-electron chi connectivity index (χ2n) is 6.03. The van der Waals surface area contributed by atoms with Crippen molar-refractivity contribution in [3.05, 3.63) is 71.0 Å². The van der Waals surface area contributed by atoms with Crippen LogP contribution in [0.1, 0.15) is 5.56 Å². The maximum atomic E-state index is 13.9. The largest absolute Gasteiger partial charge is 0.323 e. The van der Waals surface area contributed by atoms with E-state index in [-0.39, 0.29) is 17.3 Å². The van der Waals surface area contributed by atoms with Gasteiger partial charge in [-0.3, -0.25) is 9.36 Å². The Bertz CT molecular complexity index is 1000. The number of anilines is 1. The van der Waals surface area contributed by atoms with E-state index >= 15 is 0 Å². The summed E-state index contributed by atoms with van der Waals surface area (Å²) < 4.78 is 16.4. The number of aryl methyl sites for hydroxylation is 1. The number of rotatable bonds is 7. The second kappa shape index (κ2) is 9.16. The van der Waals surface area contributed by atoms with Gasteiger partial charge in [0.2, 0.25) is 5.91 Å². The van der Waals surface area contributed by atoms with Crippen LogP contribution in [-0.4, -0.2) is 26.4 Å². The van der Waals surface area contributed by atoms with Gasteiger partial charge in [-0.15, -0.1) is 16.8 Å². The van der Waals surface area contributed by atoms with Crippen molar-refractivity contribution in [2.45, 2.75) is 18.6 Å². The quantitative estimate of drug-likeness (QED) is 0.394. The van der Waals surface area contributed by atoms with E-state index in [9.17, 15) is 9.18 Å². The molecule has 0 radical (unpaired) electrons. The number of allylic oxidation sites excluding steroid dienone is 1. The summed E-state index contributed by atoms with van der Waals surface area (Å²) in [4.78, 5) is 12.2. The Hall–Kier alpha value is -2.45. The van der Waals surface area contributed by atoms with E-state index in [0.29, 0.717) is 22.0 Å². The first-order valence-corrected chi connectivity index (χ1v) is 10.2. The lowest BCUT2D eigenvalue weighted by molar-refractivity contribution is -0.113. The number of benzene rings is 2. The molecule has 5 nitrogen and oxygen atoms in total. The molecule has 0 unspecified atom stereocenters. The number of hydrogen-bond acceptors (Lipinski definition) is 4. The van der Waals surface area contributed by atoms with Crippen molar-refractivity contribution in [1.29, 1.82) is 0 Å². The summed E-state index contributed by atoms with van der Waals surface area (Å²) in [7, 11) is 0. The van der Waals surface area contributed by atoms with Gasteiger partial charge in [0.05, 0.1) is 11.4 Å². The fraction of sp³-hybridized carbons (Fsp3) is 0.150. The zero-order chi connectivity index (χ0) is 20.1. The monoisotopic (exact) mass is 460 g/mol. The van der Waals surface area contributed by atoms with Crippen LogP contribution >= 0.6 is 27.7 Å². The van der Waals surface area contributed by atoms with Gasteiger partial charge in [-0.25, -0.2) is 4.39 Å². The minimum absolute atomic E-state index is 0.0820. The van der Waals surface area contributed by atoms with Crippen LogP contribution in [0.15, 0.2) is 64.7 Å². The highest BCUT2D eigenvalue weighted by Gasteiger charge is 2.15. The normalized spacial score (nSPS) is 10.7. The molecule has 0 bridgehead atoms. The van der Waals surface area contributed by atoms with Crippen LogP contribution in [0.3, 0.4) is 0 Å². The summed E-state index contributed by atoms with van der Waals surface area (Å²) >= 11 is 4.43. The summed E-state index contributed by atoms with van der Waals surface area (Å²) in [5, 5.41) is 11.6. The van der Waals surface area contributed by atoms with Crippen LogP contribution in [0.2, 0.25) is 0 Å². The Labute approximate surface area is 175 Å². The fourth-order valence-electron chi connectivity index (χ4n) is 2.51. The molecule has 0 fully saturated rings. The SMILES string of the molecule is C=CCn1c(SCC(=O)Nc2ccc(Br)cc2F)nnc1-c1ccc(C)cc1. The number of carbonyl (C=O) groups is 1. The van der Waals surface area contributed by atoms with Gasteiger partial charge < -0.3 is 5.32 Å². The van der Waals surface area contributed by atoms with Crippen molar-refractivity contribution in [3.8, 4) is 11.4 Å². The molecule has 144 valence electrons. The summed E-state index contributed by atoms with van der Waals surface area (Å²) in [5.41, 5.74) is 2.24. The highest BCUT2D eigenvalue weighted by Crippen LogP contribution is 2.25. The van der Waals surface area contributed by atoms with Gasteiger partial charge in [0.1, 0.15) is 5.82 Å². The molecule has 0 spiro atoms. The maximum absolute atomic E-state index is 13.9. The molecule has 0 saturated carbocycles. The fourth-order valence-corrected chi connectivity index (χ4v) is 3.59. The van der Waals surface area contributed by atoms with Crippen LogP contribution in [0.5, 0.6) is 0 Å². The Kier molecular flexibility index (Phi) is 6.64. The van der Waals surface area contributed by atoms with Gasteiger partial charge in [-0.1, -0.05) is 63.6 Å². The molecule has 0 aliphatic carbocycles. The predicted octanol–water partition coefficient (Wildman–Crippen LogP) is 5.07. The molecular formula is C20H18BrFN4OS. The van der Waals surface area contributed by atoms with E-state index in [0.717, 1.165) is 11.1 Å². The lowest BCUT2D eigenvalue weighted by Crippen LogP contribution is -2.15. The molecule has 2 aromatic carbocycles. The number of nitrogens with zero attached hydrogens (tertiary/aromatic N) is 3. The van der Waals surface area contributed by atoms with Crippen LogP contribution < -0.4 is 5.32 Å². The van der Waals surface area contributed by atoms with Crippen molar-refractivity contribution < 1.29 is 9.18 Å². The van der Waals surface area contributed by atoms with Crippen molar-refractivity contribution in [3.63, 3.8) is 0 Å². The third-order valence-electron chi connectivity index (χ3n) is 3.88. The molecule has 0 saturated heterocycles. The number of aromatic nitrogens is 3. The molecule has 0 atom stereocenters. The smallest absolute Gasteiger partial charge is 0.234 e. The molecule has 8 heteroatoms. The number of amides is 1. The average Bonchev–Trinajstić information content (AvgIpc) is 3.06. The topological polar surface area (TPSA) is 59.8 Å². The Morgan fingerprint density at radius 1 is 1.29 bits per heavy atom. The Balaban J connectivity index is 1.72. The third kappa shape index (κ3) is 4.88. The first kappa shape index (κ1) is 20.3. The van der Waals surface area contributed by atoms with Crippen molar-refractivity contribution in [2.24, 2.45) is 0 Å². The molecule has 1 N–H and O–H groups in total. The highest BCUT2D eigenvalue weighted by molar-refractivity contribution is 9.10. The zero-order valence-corrected chi connectivity index (χ0v) is 17.6. The molecule has 1 aromatic heterocycles. The first-order chi connectivity index (χ1) is 13.5. The lowest BCUT2D eigenvalue weighted by atomic mass is 10.1. The van der Waals surface area contributed by atoms with Crippen molar-refractivity contribution in [2.75, 3.05) is 11.1 Å². The van der Waals surface area contributed by atoms with E-state index in [1.807, 2.05) is 35.8 Å². The van der Waals surface area contributed by atoms with Crippen molar-refractivity contribution >= 4 is 39.3 Å². The number of thioether (sulfide) groups is 1. The summed E-state index contributed by atoms with van der Waals surface area (Å²) in [5.74, 6) is -0.0270. The van der Waals surface area contributed by atoms with Crippen LogP contribution in [0.25, 0.3) is 11.4 Å². The van der Waals surface area contributed by atoms with Gasteiger partial charge in [-0.05, 0) is 25.1 Å². The Morgan fingerprint density at radius 2 is 2.04 bits per heavy atom. The third-order valence-corrected chi connectivity index (χ3v) is 5.34. The Morgan fingerprint density at radius 3 is 2.71 bits per heavy atom. The van der Waals surface area contributed by atoms with E-state index < -0.39 is 5.82 Å². The minimum Gasteiger partial charge on any atom is -0.323 e. The van der Waals surface area contributed by atoms with Gasteiger partial charge in [-0.2, -0.15) is 0 Å². The van der Waals surface area contributed by atoms with Gasteiger partial charge in [0.25, 0.3) is 0 Å². The number of nitrogens with one attached hydrogen (secondary N) is 1. The minimum atomic E-state index is -0.496. The zero-order valence-electron chi connectivity index (χ0n) is 15.2. The van der Waals surface area contributed by atoms with E-state index in [1.54, 1.807) is 12.1 Å². The molecule has 3 aromatic rings. The second-order valence-corrected chi connectivity index (χ2v) is 7.89. The van der Waals surface area contributed by atoms with Gasteiger partial charge in [0.15, 0.2) is 11.0 Å². The van der Waals surface area contributed by atoms with Crippen molar-refractivity contribution in [1.82, 2.24) is 14.8 Å². The number of carbonyl (C=O) groups excluding carboxylic acids is 1. The molecule has 3 rings (SSSR count). The molecule has 1 amide bonds. The molecule has 0 aliphatic heterocycles. The summed E-state index contributed by atoms with van der Waals surface area (Å²) in [6, 6.07) is 12.5. The molecule has 0 aliphatic rings. The van der Waals surface area contributed by atoms with E-state index in [4.69, 9.17) is 0 Å². The van der Waals surface area contributed by atoms with E-state index in [2.05, 4.69) is 38.0 Å². The standard InChI is InChI=1S/C20H18BrFN4OS/c1-3-10-26-19(14-6-4-13(2)5-7-14)24-25-20(26)28-12-18(27)23-17-9-8-15(21)11-16(17)22/h3-9,11H,1,10,12H2,2H3,(H,23,27). The maximum Gasteiger partial charge on any atom is 0.234 e. The number of hydrogen-bond donors (Lipinski definition) is 1. The number of halogens is 2. The molecule has 28 heavy (non-hydrogen) atoms. The summed E-state index contributed by atoms with van der Waals surface area (Å²) in [6.07, 6.45) is 1.75. The lowest BCUT2D eigenvalue weighted by Gasteiger charge is -2.09. The first-order valence-electron chi connectivity index (χ1n) is 8.46. The van der Waals surface area contributed by atoms with Gasteiger partial charge >= 0.3 is 0 Å². The average molecular weight is 461 g/mol. The highest BCUT2D eigenvalue weighted by atomic mass is 79.9. The predicted molar refractivity (Wildman–Crippen MR) is 114 cm³/mol. The molecular weight excluding hydrogens is 443 g/mol. The summed E-state index contributed by atoms with van der Waals surface area (Å²) in [6.45, 7) is 6.32. The van der Waals surface area contributed by atoms with E-state index in [1.165, 1.54) is 23.9 Å². The molecule has 1 heterocycles. The van der Waals surface area contributed by atoms with Gasteiger partial charge in [0, 0.05) is 16.6 Å².